The maximum atomic E-state index is 9.76. The van der Waals surface area contributed by atoms with Crippen LogP contribution < -0.4 is 0 Å². The molecular formula is C37H27N. The van der Waals surface area contributed by atoms with Crippen molar-refractivity contribution in [2.75, 3.05) is 0 Å². The van der Waals surface area contributed by atoms with E-state index in [0.717, 1.165) is 11.1 Å². The van der Waals surface area contributed by atoms with Crippen LogP contribution in [0, 0.1) is 18.3 Å². The van der Waals surface area contributed by atoms with E-state index in [4.69, 9.17) is 0 Å². The van der Waals surface area contributed by atoms with Crippen molar-refractivity contribution in [1.82, 2.24) is 0 Å². The summed E-state index contributed by atoms with van der Waals surface area (Å²) in [5, 5.41) is 15.0. The van der Waals surface area contributed by atoms with Crippen molar-refractivity contribution in [3.05, 3.63) is 131 Å². The highest BCUT2D eigenvalue weighted by Gasteiger charge is 2.37. The van der Waals surface area contributed by atoms with Gasteiger partial charge in [0.25, 0.3) is 0 Å². The van der Waals surface area contributed by atoms with Crippen molar-refractivity contribution >= 4 is 21.5 Å². The fourth-order valence-corrected chi connectivity index (χ4v) is 6.67. The first-order chi connectivity index (χ1) is 18.5. The highest BCUT2D eigenvalue weighted by molar-refractivity contribution is 6.15. The number of hydrogen-bond donors (Lipinski definition) is 0. The van der Waals surface area contributed by atoms with Gasteiger partial charge in [-0.15, -0.1) is 0 Å². The van der Waals surface area contributed by atoms with Crippen LogP contribution >= 0.6 is 0 Å². The molecule has 0 saturated heterocycles. The lowest BCUT2D eigenvalue weighted by Crippen LogP contribution is -2.16. The molecule has 6 aromatic rings. The molecule has 0 amide bonds. The number of aryl methyl sites for hydroxylation is 1. The summed E-state index contributed by atoms with van der Waals surface area (Å²) in [7, 11) is 0. The maximum Gasteiger partial charge on any atom is 0.0995 e. The van der Waals surface area contributed by atoms with Gasteiger partial charge in [0.2, 0.25) is 0 Å². The highest BCUT2D eigenvalue weighted by atomic mass is 14.4. The van der Waals surface area contributed by atoms with Gasteiger partial charge in [-0.25, -0.2) is 0 Å². The summed E-state index contributed by atoms with van der Waals surface area (Å²) in [6.45, 7) is 6.71. The van der Waals surface area contributed by atoms with Gasteiger partial charge in [0.15, 0.2) is 0 Å². The molecule has 0 bridgehead atoms. The molecule has 1 aliphatic carbocycles. The van der Waals surface area contributed by atoms with Gasteiger partial charge in [0.05, 0.1) is 11.6 Å². The Balaban J connectivity index is 1.34. The van der Waals surface area contributed by atoms with Gasteiger partial charge in [-0.3, -0.25) is 0 Å². The van der Waals surface area contributed by atoms with Gasteiger partial charge >= 0.3 is 0 Å². The third-order valence-corrected chi connectivity index (χ3v) is 8.49. The predicted molar refractivity (Wildman–Crippen MR) is 159 cm³/mol. The van der Waals surface area contributed by atoms with Crippen molar-refractivity contribution < 1.29 is 0 Å². The number of rotatable bonds is 2. The molecule has 38 heavy (non-hydrogen) atoms. The van der Waals surface area contributed by atoms with E-state index in [0.29, 0.717) is 0 Å². The zero-order valence-corrected chi connectivity index (χ0v) is 21.8. The number of nitriles is 1. The molecule has 0 aromatic heterocycles. The number of benzene rings is 6. The molecule has 0 radical (unpaired) electrons. The minimum Gasteiger partial charge on any atom is -0.192 e. The first-order valence-electron chi connectivity index (χ1n) is 13.2. The Kier molecular flexibility index (Phi) is 4.84. The van der Waals surface area contributed by atoms with E-state index in [-0.39, 0.29) is 5.41 Å². The summed E-state index contributed by atoms with van der Waals surface area (Å²) >= 11 is 0. The van der Waals surface area contributed by atoms with Gasteiger partial charge in [0, 0.05) is 5.41 Å². The quantitative estimate of drug-likeness (QED) is 0.224. The molecule has 1 nitrogen and oxygen atoms in total. The summed E-state index contributed by atoms with van der Waals surface area (Å²) in [5.41, 5.74) is 11.7. The first kappa shape index (κ1) is 22.5. The number of nitrogens with zero attached hydrogens (tertiary/aromatic N) is 1. The topological polar surface area (TPSA) is 23.8 Å². The minimum atomic E-state index is -0.214. The molecule has 180 valence electrons. The van der Waals surface area contributed by atoms with Crippen LogP contribution in [0.2, 0.25) is 0 Å². The molecule has 6 aromatic carbocycles. The van der Waals surface area contributed by atoms with Crippen molar-refractivity contribution in [2.45, 2.75) is 26.2 Å². The summed E-state index contributed by atoms with van der Waals surface area (Å²) in [6.07, 6.45) is 0. The van der Waals surface area contributed by atoms with E-state index in [1.54, 1.807) is 0 Å². The average molecular weight is 486 g/mol. The third-order valence-electron chi connectivity index (χ3n) is 8.49. The molecule has 7 rings (SSSR count). The molecule has 0 heterocycles. The van der Waals surface area contributed by atoms with Gasteiger partial charge in [-0.1, -0.05) is 111 Å². The summed E-state index contributed by atoms with van der Waals surface area (Å²) < 4.78 is 0. The minimum absolute atomic E-state index is 0.214. The van der Waals surface area contributed by atoms with Crippen LogP contribution in [0.25, 0.3) is 54.9 Å². The molecule has 0 spiro atoms. The average Bonchev–Trinajstić information content (AvgIpc) is 3.20. The van der Waals surface area contributed by atoms with E-state index in [1.807, 2.05) is 12.1 Å². The molecule has 0 fully saturated rings. The van der Waals surface area contributed by atoms with E-state index >= 15 is 0 Å². The lowest BCUT2D eigenvalue weighted by molar-refractivity contribution is 0.658. The molecule has 0 aliphatic heterocycles. The van der Waals surface area contributed by atoms with Crippen LogP contribution in [0.1, 0.15) is 36.1 Å². The molecule has 1 aliphatic rings. The van der Waals surface area contributed by atoms with Crippen molar-refractivity contribution in [2.24, 2.45) is 0 Å². The summed E-state index contributed by atoms with van der Waals surface area (Å²) in [4.78, 5) is 0. The Bertz CT molecular complexity index is 1950. The Morgan fingerprint density at radius 3 is 1.89 bits per heavy atom. The second kappa shape index (κ2) is 8.17. The fraction of sp³-hybridized carbons (Fsp3) is 0.108. The second-order valence-electron chi connectivity index (χ2n) is 10.9. The Morgan fingerprint density at radius 2 is 1.18 bits per heavy atom. The molecule has 0 saturated carbocycles. The van der Waals surface area contributed by atoms with Crippen molar-refractivity contribution in [1.29, 1.82) is 5.26 Å². The van der Waals surface area contributed by atoms with Crippen LogP contribution in [0.3, 0.4) is 0 Å². The normalized spacial score (nSPS) is 13.3. The Labute approximate surface area is 223 Å². The molecule has 0 unspecified atom stereocenters. The maximum absolute atomic E-state index is 9.76. The number of fused-ring (bicyclic) bond motifs is 6. The van der Waals surface area contributed by atoms with Crippen LogP contribution in [0.15, 0.2) is 109 Å². The fourth-order valence-electron chi connectivity index (χ4n) is 6.67. The van der Waals surface area contributed by atoms with E-state index in [2.05, 4.69) is 124 Å². The first-order valence-corrected chi connectivity index (χ1v) is 13.2. The summed E-state index contributed by atoms with van der Waals surface area (Å²) in [6, 6.07) is 41.7. The molecule has 0 atom stereocenters. The van der Waals surface area contributed by atoms with Crippen LogP contribution in [0.5, 0.6) is 0 Å². The van der Waals surface area contributed by atoms with Crippen LogP contribution in [-0.2, 0) is 5.41 Å². The zero-order valence-electron chi connectivity index (χ0n) is 21.8. The predicted octanol–water partition coefficient (Wildman–Crippen LogP) is 9.81. The van der Waals surface area contributed by atoms with Crippen LogP contribution in [0.4, 0.5) is 0 Å². The van der Waals surface area contributed by atoms with Gasteiger partial charge in [-0.2, -0.15) is 5.26 Å². The number of hydrogen-bond acceptors (Lipinski definition) is 1. The van der Waals surface area contributed by atoms with Gasteiger partial charge < -0.3 is 0 Å². The molecular weight excluding hydrogens is 458 g/mol. The SMILES string of the molecule is Cc1c(-c2ccc(-c3ccc4c(c3)C(C)(C)c3c(C#N)cccc3-4)cc2)c2ccccc2c2ccccc12. The third kappa shape index (κ3) is 3.11. The van der Waals surface area contributed by atoms with E-state index < -0.39 is 0 Å². The van der Waals surface area contributed by atoms with Gasteiger partial charge in [-0.05, 0) is 90.7 Å². The zero-order chi connectivity index (χ0) is 26.0. The standard InChI is InChI=1S/C37H27N/c1-23-28-10-4-5-11-29(28)30-12-6-7-13-32(30)35(23)25-17-15-24(16-18-25)26-19-20-31-33-14-8-9-27(22-38)36(33)37(2,3)34(31)21-26/h4-21H,1-3H3. The second-order valence-corrected chi connectivity index (χ2v) is 10.9. The summed E-state index contributed by atoms with van der Waals surface area (Å²) in [5.74, 6) is 0. The lowest BCUT2D eigenvalue weighted by Gasteiger charge is -2.23. The Morgan fingerprint density at radius 1 is 0.579 bits per heavy atom. The van der Waals surface area contributed by atoms with E-state index in [1.165, 1.54) is 66.1 Å². The largest absolute Gasteiger partial charge is 0.192 e. The van der Waals surface area contributed by atoms with Crippen molar-refractivity contribution in [3.8, 4) is 39.4 Å². The smallest absolute Gasteiger partial charge is 0.0995 e. The van der Waals surface area contributed by atoms with E-state index in [9.17, 15) is 5.26 Å². The Hall–Kier alpha value is -4.67. The highest BCUT2D eigenvalue weighted by Crippen LogP contribution is 2.51. The van der Waals surface area contributed by atoms with Gasteiger partial charge in [0.1, 0.15) is 0 Å². The molecule has 1 heteroatoms. The lowest BCUT2D eigenvalue weighted by atomic mass is 9.79. The molecule has 0 N–H and O–H groups in total. The monoisotopic (exact) mass is 485 g/mol. The van der Waals surface area contributed by atoms with Crippen LogP contribution in [-0.4, -0.2) is 0 Å². The van der Waals surface area contributed by atoms with Crippen molar-refractivity contribution in [3.63, 3.8) is 0 Å².